The zero-order chi connectivity index (χ0) is 9.68. The topological polar surface area (TPSA) is 24.5 Å². The highest BCUT2D eigenvalue weighted by molar-refractivity contribution is 4.76. The van der Waals surface area contributed by atoms with E-state index >= 15 is 0 Å². The summed E-state index contributed by atoms with van der Waals surface area (Å²) < 4.78 is 5.09. The Kier molecular flexibility index (Phi) is 4.70. The molecule has 0 spiro atoms. The Morgan fingerprint density at radius 1 is 1.38 bits per heavy atom. The number of nitrogens with one attached hydrogen (secondary N) is 1. The van der Waals surface area contributed by atoms with Gasteiger partial charge in [-0.2, -0.15) is 0 Å². The summed E-state index contributed by atoms with van der Waals surface area (Å²) in [6.45, 7) is 9.94. The molecule has 1 N–H and O–H groups in total. The van der Waals surface area contributed by atoms with E-state index in [4.69, 9.17) is 4.74 Å². The van der Waals surface area contributed by atoms with E-state index in [1.165, 1.54) is 6.54 Å². The van der Waals surface area contributed by atoms with Crippen molar-refractivity contribution in [1.82, 2.24) is 10.2 Å². The van der Waals surface area contributed by atoms with Gasteiger partial charge in [-0.3, -0.25) is 4.90 Å². The maximum atomic E-state index is 5.09. The third-order valence-corrected chi connectivity index (χ3v) is 2.53. The van der Waals surface area contributed by atoms with Crippen LogP contribution in [0.1, 0.15) is 13.8 Å². The van der Waals surface area contributed by atoms with E-state index in [1.54, 1.807) is 7.11 Å². The second-order valence-electron chi connectivity index (χ2n) is 4.17. The first-order chi connectivity index (χ1) is 6.22. The summed E-state index contributed by atoms with van der Waals surface area (Å²) in [6, 6.07) is 0.613. The average molecular weight is 186 g/mol. The van der Waals surface area contributed by atoms with Crippen LogP contribution in [0.4, 0.5) is 0 Å². The van der Waals surface area contributed by atoms with Gasteiger partial charge in [0.2, 0.25) is 0 Å². The Labute approximate surface area is 81.4 Å². The van der Waals surface area contributed by atoms with E-state index in [-0.39, 0.29) is 0 Å². The lowest BCUT2D eigenvalue weighted by Gasteiger charge is -2.22. The molecule has 2 unspecified atom stereocenters. The molecule has 3 heteroatoms. The van der Waals surface area contributed by atoms with Crippen molar-refractivity contribution >= 4 is 0 Å². The van der Waals surface area contributed by atoms with Gasteiger partial charge in [0.15, 0.2) is 0 Å². The van der Waals surface area contributed by atoms with Crippen molar-refractivity contribution in [3.05, 3.63) is 0 Å². The zero-order valence-corrected chi connectivity index (χ0v) is 9.05. The van der Waals surface area contributed by atoms with Gasteiger partial charge in [-0.15, -0.1) is 0 Å². The van der Waals surface area contributed by atoms with Gasteiger partial charge in [-0.1, -0.05) is 6.92 Å². The van der Waals surface area contributed by atoms with Crippen molar-refractivity contribution in [1.29, 1.82) is 0 Å². The zero-order valence-electron chi connectivity index (χ0n) is 9.05. The number of ether oxygens (including phenoxy) is 1. The van der Waals surface area contributed by atoms with E-state index in [1.807, 2.05) is 0 Å². The minimum atomic E-state index is 0.613. The molecule has 0 aromatic heterocycles. The molecule has 0 bridgehead atoms. The van der Waals surface area contributed by atoms with Gasteiger partial charge in [-0.25, -0.2) is 0 Å². The molecule has 3 nitrogen and oxygen atoms in total. The van der Waals surface area contributed by atoms with E-state index in [0.717, 1.165) is 32.2 Å². The Hall–Kier alpha value is -0.120. The molecule has 0 aromatic carbocycles. The van der Waals surface area contributed by atoms with E-state index in [2.05, 4.69) is 24.1 Å². The van der Waals surface area contributed by atoms with Crippen molar-refractivity contribution in [3.8, 4) is 0 Å². The van der Waals surface area contributed by atoms with Crippen LogP contribution in [0.15, 0.2) is 0 Å². The summed E-state index contributed by atoms with van der Waals surface area (Å²) in [5, 5.41) is 3.52. The summed E-state index contributed by atoms with van der Waals surface area (Å²) in [4.78, 5) is 2.48. The van der Waals surface area contributed by atoms with Gasteiger partial charge in [0, 0.05) is 32.8 Å². The summed E-state index contributed by atoms with van der Waals surface area (Å²) in [5.74, 6) is 0.752. The van der Waals surface area contributed by atoms with Crippen LogP contribution in [0, 0.1) is 5.92 Å². The maximum Gasteiger partial charge on any atom is 0.0589 e. The monoisotopic (exact) mass is 186 g/mol. The van der Waals surface area contributed by atoms with Gasteiger partial charge in [0.25, 0.3) is 0 Å². The third kappa shape index (κ3) is 4.07. The van der Waals surface area contributed by atoms with E-state index in [0.29, 0.717) is 6.04 Å². The van der Waals surface area contributed by atoms with Crippen molar-refractivity contribution in [2.45, 2.75) is 19.9 Å². The first-order valence-electron chi connectivity index (χ1n) is 5.17. The number of hydrogen-bond acceptors (Lipinski definition) is 3. The van der Waals surface area contributed by atoms with Crippen LogP contribution in [-0.4, -0.2) is 50.8 Å². The molecule has 13 heavy (non-hydrogen) atoms. The van der Waals surface area contributed by atoms with E-state index < -0.39 is 0 Å². The molecule has 1 saturated heterocycles. The SMILES string of the molecule is COCCN1CC(C)CNC(C)C1. The summed E-state index contributed by atoms with van der Waals surface area (Å²) in [7, 11) is 1.77. The minimum absolute atomic E-state index is 0.613. The Balaban J connectivity index is 2.32. The molecule has 0 radical (unpaired) electrons. The molecular weight excluding hydrogens is 164 g/mol. The lowest BCUT2D eigenvalue weighted by Crippen LogP contribution is -2.36. The van der Waals surface area contributed by atoms with Crippen molar-refractivity contribution in [3.63, 3.8) is 0 Å². The quantitative estimate of drug-likeness (QED) is 0.697. The molecule has 1 heterocycles. The number of rotatable bonds is 3. The lowest BCUT2D eigenvalue weighted by molar-refractivity contribution is 0.142. The number of hydrogen-bond donors (Lipinski definition) is 1. The molecule has 1 fully saturated rings. The van der Waals surface area contributed by atoms with Crippen molar-refractivity contribution in [2.75, 3.05) is 39.9 Å². The lowest BCUT2D eigenvalue weighted by atomic mass is 10.2. The fourth-order valence-electron chi connectivity index (χ4n) is 1.84. The average Bonchev–Trinajstić information content (AvgIpc) is 2.25. The first-order valence-corrected chi connectivity index (χ1v) is 5.17. The predicted octanol–water partition coefficient (Wildman–Crippen LogP) is 0.563. The molecule has 2 atom stereocenters. The number of nitrogens with zero attached hydrogens (tertiary/aromatic N) is 1. The van der Waals surface area contributed by atoms with Crippen LogP contribution in [0.5, 0.6) is 0 Å². The Morgan fingerprint density at radius 2 is 2.15 bits per heavy atom. The molecule has 1 aliphatic rings. The fraction of sp³-hybridized carbons (Fsp3) is 1.00. The molecule has 0 saturated carbocycles. The molecule has 78 valence electrons. The van der Waals surface area contributed by atoms with Gasteiger partial charge in [0.1, 0.15) is 0 Å². The van der Waals surface area contributed by atoms with Crippen molar-refractivity contribution in [2.24, 2.45) is 5.92 Å². The van der Waals surface area contributed by atoms with Crippen LogP contribution >= 0.6 is 0 Å². The van der Waals surface area contributed by atoms with Gasteiger partial charge in [0.05, 0.1) is 6.61 Å². The van der Waals surface area contributed by atoms with Crippen molar-refractivity contribution < 1.29 is 4.74 Å². The molecule has 0 aromatic rings. The molecular formula is C10H22N2O. The highest BCUT2D eigenvalue weighted by Gasteiger charge is 2.17. The van der Waals surface area contributed by atoms with Gasteiger partial charge in [-0.05, 0) is 19.4 Å². The van der Waals surface area contributed by atoms with E-state index in [9.17, 15) is 0 Å². The molecule has 0 aliphatic carbocycles. The van der Waals surface area contributed by atoms with Crippen LogP contribution in [0.2, 0.25) is 0 Å². The second-order valence-corrected chi connectivity index (χ2v) is 4.17. The summed E-state index contributed by atoms with van der Waals surface area (Å²) >= 11 is 0. The largest absolute Gasteiger partial charge is 0.383 e. The second kappa shape index (κ2) is 5.58. The predicted molar refractivity (Wildman–Crippen MR) is 54.9 cm³/mol. The Morgan fingerprint density at radius 3 is 2.85 bits per heavy atom. The van der Waals surface area contributed by atoms with Crippen LogP contribution in [-0.2, 0) is 4.74 Å². The molecule has 0 amide bonds. The Bertz CT molecular complexity index is 129. The normalized spacial score (nSPS) is 31.6. The fourth-order valence-corrected chi connectivity index (χ4v) is 1.84. The maximum absolute atomic E-state index is 5.09. The standard InChI is InChI=1S/C10H22N2O/c1-9-6-11-10(2)8-12(7-9)4-5-13-3/h9-11H,4-8H2,1-3H3. The third-order valence-electron chi connectivity index (χ3n) is 2.53. The summed E-state index contributed by atoms with van der Waals surface area (Å²) in [5.41, 5.74) is 0. The van der Waals surface area contributed by atoms with Crippen LogP contribution in [0.25, 0.3) is 0 Å². The summed E-state index contributed by atoms with van der Waals surface area (Å²) in [6.07, 6.45) is 0. The highest BCUT2D eigenvalue weighted by Crippen LogP contribution is 2.05. The molecule has 1 rings (SSSR count). The highest BCUT2D eigenvalue weighted by atomic mass is 16.5. The van der Waals surface area contributed by atoms with Gasteiger partial charge < -0.3 is 10.1 Å². The molecule has 1 aliphatic heterocycles. The van der Waals surface area contributed by atoms with Crippen LogP contribution in [0.3, 0.4) is 0 Å². The van der Waals surface area contributed by atoms with Crippen LogP contribution < -0.4 is 5.32 Å². The minimum Gasteiger partial charge on any atom is -0.383 e. The number of methoxy groups -OCH3 is 1. The van der Waals surface area contributed by atoms with Gasteiger partial charge >= 0.3 is 0 Å². The smallest absolute Gasteiger partial charge is 0.0589 e. The first kappa shape index (κ1) is 11.0.